The Kier molecular flexibility index (Phi) is 7.06. The van der Waals surface area contributed by atoms with Crippen LogP contribution in [0.4, 0.5) is 0 Å². The number of hydrogen-bond acceptors (Lipinski definition) is 3. The Morgan fingerprint density at radius 1 is 1.08 bits per heavy atom. The molecule has 4 nitrogen and oxygen atoms in total. The Labute approximate surface area is 163 Å². The van der Waals surface area contributed by atoms with Crippen molar-refractivity contribution in [2.45, 2.75) is 26.3 Å². The lowest BCUT2D eigenvalue weighted by Gasteiger charge is -2.27. The normalized spacial score (nSPS) is 11.7. The molecule has 138 valence electrons. The molecular formula is C20H21Cl2NO3. The Hall–Kier alpha value is -2.04. The largest absolute Gasteiger partial charge is 0.464 e. The van der Waals surface area contributed by atoms with Crippen LogP contribution in [0, 0.1) is 6.92 Å². The highest BCUT2D eigenvalue weighted by molar-refractivity contribution is 6.42. The van der Waals surface area contributed by atoms with E-state index in [4.69, 9.17) is 27.9 Å². The standard InChI is InChI=1S/C20H21Cl2NO3/c1-4-26-20(25)19(15-8-5-13(2)6-9-15)23(3)18(24)12-14-7-10-16(21)17(22)11-14/h5-11,19H,4,12H2,1-3H3. The van der Waals surface area contributed by atoms with Crippen molar-refractivity contribution in [1.29, 1.82) is 0 Å². The lowest BCUT2D eigenvalue weighted by molar-refractivity contribution is -0.154. The van der Waals surface area contributed by atoms with Gasteiger partial charge in [0.15, 0.2) is 6.04 Å². The van der Waals surface area contributed by atoms with Gasteiger partial charge in [0.25, 0.3) is 0 Å². The van der Waals surface area contributed by atoms with E-state index in [9.17, 15) is 9.59 Å². The third-order valence-corrected chi connectivity index (χ3v) is 4.76. The van der Waals surface area contributed by atoms with Gasteiger partial charge in [-0.1, -0.05) is 59.1 Å². The fraction of sp³-hybridized carbons (Fsp3) is 0.300. The average Bonchev–Trinajstić information content (AvgIpc) is 2.60. The van der Waals surface area contributed by atoms with E-state index in [-0.39, 0.29) is 18.9 Å². The van der Waals surface area contributed by atoms with Gasteiger partial charge in [-0.3, -0.25) is 4.79 Å². The number of likely N-dealkylation sites (N-methyl/N-ethyl adjacent to an activating group) is 1. The summed E-state index contributed by atoms with van der Waals surface area (Å²) in [6.45, 7) is 3.94. The highest BCUT2D eigenvalue weighted by atomic mass is 35.5. The molecule has 2 aromatic carbocycles. The number of hydrogen-bond donors (Lipinski definition) is 0. The van der Waals surface area contributed by atoms with Crippen LogP contribution >= 0.6 is 23.2 Å². The van der Waals surface area contributed by atoms with Gasteiger partial charge in [0.1, 0.15) is 0 Å². The van der Waals surface area contributed by atoms with Gasteiger partial charge in [-0.15, -0.1) is 0 Å². The molecule has 0 radical (unpaired) electrons. The molecule has 0 bridgehead atoms. The fourth-order valence-electron chi connectivity index (χ4n) is 2.58. The monoisotopic (exact) mass is 393 g/mol. The summed E-state index contributed by atoms with van der Waals surface area (Å²) < 4.78 is 5.17. The molecule has 0 aromatic heterocycles. The molecule has 0 saturated heterocycles. The maximum absolute atomic E-state index is 12.7. The van der Waals surface area contributed by atoms with Crippen molar-refractivity contribution in [2.75, 3.05) is 13.7 Å². The van der Waals surface area contributed by atoms with Crippen molar-refractivity contribution in [3.8, 4) is 0 Å². The number of amides is 1. The van der Waals surface area contributed by atoms with Crippen LogP contribution in [0.2, 0.25) is 10.0 Å². The third kappa shape index (κ3) is 4.99. The van der Waals surface area contributed by atoms with Crippen LogP contribution in [0.5, 0.6) is 0 Å². The van der Waals surface area contributed by atoms with Gasteiger partial charge in [-0.2, -0.15) is 0 Å². The predicted molar refractivity (Wildman–Crippen MR) is 103 cm³/mol. The first-order chi connectivity index (χ1) is 12.3. The van der Waals surface area contributed by atoms with Crippen molar-refractivity contribution in [3.63, 3.8) is 0 Å². The van der Waals surface area contributed by atoms with E-state index < -0.39 is 12.0 Å². The van der Waals surface area contributed by atoms with Gasteiger partial charge in [0.2, 0.25) is 5.91 Å². The Balaban J connectivity index is 2.25. The number of halogens is 2. The zero-order valence-electron chi connectivity index (χ0n) is 15.0. The summed E-state index contributed by atoms with van der Waals surface area (Å²) in [4.78, 5) is 26.6. The molecule has 0 fully saturated rings. The molecular weight excluding hydrogens is 373 g/mol. The van der Waals surface area contributed by atoms with Crippen LogP contribution in [0.25, 0.3) is 0 Å². The first-order valence-corrected chi connectivity index (χ1v) is 9.01. The van der Waals surface area contributed by atoms with Crippen molar-refractivity contribution in [3.05, 3.63) is 69.2 Å². The molecule has 0 aliphatic heterocycles. The molecule has 1 atom stereocenters. The molecule has 6 heteroatoms. The van der Waals surface area contributed by atoms with E-state index in [0.717, 1.165) is 11.1 Å². The minimum Gasteiger partial charge on any atom is -0.464 e. The third-order valence-electron chi connectivity index (χ3n) is 4.02. The highest BCUT2D eigenvalue weighted by Gasteiger charge is 2.29. The number of ether oxygens (including phenoxy) is 1. The summed E-state index contributed by atoms with van der Waals surface area (Å²) in [5.74, 6) is -0.677. The van der Waals surface area contributed by atoms with Gasteiger partial charge in [0, 0.05) is 7.05 Å². The average molecular weight is 394 g/mol. The number of nitrogens with zero attached hydrogens (tertiary/aromatic N) is 1. The van der Waals surface area contributed by atoms with E-state index in [1.54, 1.807) is 32.2 Å². The van der Waals surface area contributed by atoms with Crippen LogP contribution in [0.15, 0.2) is 42.5 Å². The maximum Gasteiger partial charge on any atom is 0.333 e. The number of carbonyl (C=O) groups excluding carboxylic acids is 2. The topological polar surface area (TPSA) is 46.6 Å². The van der Waals surface area contributed by atoms with Gasteiger partial charge in [0.05, 0.1) is 23.1 Å². The number of aryl methyl sites for hydroxylation is 1. The van der Waals surface area contributed by atoms with Crippen molar-refractivity contribution in [1.82, 2.24) is 4.90 Å². The minimum atomic E-state index is -0.800. The lowest BCUT2D eigenvalue weighted by atomic mass is 10.0. The number of rotatable bonds is 6. The second kappa shape index (κ2) is 9.06. The smallest absolute Gasteiger partial charge is 0.333 e. The van der Waals surface area contributed by atoms with Crippen molar-refractivity contribution >= 4 is 35.1 Å². The summed E-state index contributed by atoms with van der Waals surface area (Å²) >= 11 is 11.9. The second-order valence-corrected chi connectivity index (χ2v) is 6.81. The first kappa shape index (κ1) is 20.3. The molecule has 0 heterocycles. The van der Waals surface area contributed by atoms with Gasteiger partial charge >= 0.3 is 5.97 Å². The molecule has 0 aliphatic rings. The maximum atomic E-state index is 12.7. The molecule has 1 unspecified atom stereocenters. The molecule has 0 aliphatic carbocycles. The first-order valence-electron chi connectivity index (χ1n) is 8.26. The lowest BCUT2D eigenvalue weighted by Crippen LogP contribution is -2.37. The quantitative estimate of drug-likeness (QED) is 0.673. The van der Waals surface area contributed by atoms with E-state index in [0.29, 0.717) is 15.6 Å². The molecule has 1 amide bonds. The molecule has 0 N–H and O–H groups in total. The van der Waals surface area contributed by atoms with Crippen LogP contribution in [0.3, 0.4) is 0 Å². The molecule has 0 spiro atoms. The van der Waals surface area contributed by atoms with E-state index >= 15 is 0 Å². The minimum absolute atomic E-state index is 0.106. The SMILES string of the molecule is CCOC(=O)C(c1ccc(C)cc1)N(C)C(=O)Cc1ccc(Cl)c(Cl)c1. The Morgan fingerprint density at radius 2 is 1.73 bits per heavy atom. The molecule has 0 saturated carbocycles. The molecule has 2 rings (SSSR count). The zero-order chi connectivity index (χ0) is 19.3. The van der Waals surface area contributed by atoms with Crippen molar-refractivity contribution < 1.29 is 14.3 Å². The second-order valence-electron chi connectivity index (χ2n) is 6.00. The Morgan fingerprint density at radius 3 is 2.31 bits per heavy atom. The summed E-state index contributed by atoms with van der Waals surface area (Å²) in [6, 6.07) is 11.7. The van der Waals surface area contributed by atoms with Gasteiger partial charge in [-0.05, 0) is 37.1 Å². The van der Waals surface area contributed by atoms with Gasteiger partial charge < -0.3 is 9.64 Å². The summed E-state index contributed by atoms with van der Waals surface area (Å²) in [5, 5.41) is 0.820. The van der Waals surface area contributed by atoms with Gasteiger partial charge in [-0.25, -0.2) is 4.79 Å². The number of benzene rings is 2. The number of esters is 1. The summed E-state index contributed by atoms with van der Waals surface area (Å²) in [5.41, 5.74) is 2.50. The summed E-state index contributed by atoms with van der Waals surface area (Å²) in [7, 11) is 1.60. The van der Waals surface area contributed by atoms with Crippen LogP contribution in [0.1, 0.15) is 29.7 Å². The van der Waals surface area contributed by atoms with Crippen molar-refractivity contribution in [2.24, 2.45) is 0 Å². The number of carbonyl (C=O) groups is 2. The highest BCUT2D eigenvalue weighted by Crippen LogP contribution is 2.25. The Bertz CT molecular complexity index is 790. The van der Waals surface area contributed by atoms with Crippen LogP contribution in [-0.4, -0.2) is 30.4 Å². The van der Waals surface area contributed by atoms with E-state index in [1.165, 1.54) is 4.90 Å². The van der Waals surface area contributed by atoms with Crippen LogP contribution in [-0.2, 0) is 20.7 Å². The predicted octanol–water partition coefficient (Wildman–Crippen LogP) is 4.61. The molecule has 2 aromatic rings. The molecule has 26 heavy (non-hydrogen) atoms. The fourth-order valence-corrected chi connectivity index (χ4v) is 2.90. The van der Waals surface area contributed by atoms with Crippen LogP contribution < -0.4 is 0 Å². The zero-order valence-corrected chi connectivity index (χ0v) is 16.5. The van der Waals surface area contributed by atoms with E-state index in [1.807, 2.05) is 31.2 Å². The van der Waals surface area contributed by atoms with E-state index in [2.05, 4.69) is 0 Å². The summed E-state index contributed by atoms with van der Waals surface area (Å²) in [6.07, 6.45) is 0.106.